The number of nitrogen functional groups attached to an aromatic ring is 1. The van der Waals surface area contributed by atoms with Crippen molar-refractivity contribution in [2.45, 2.75) is 4.90 Å². The van der Waals surface area contributed by atoms with E-state index in [1.54, 1.807) is 0 Å². The molecule has 96 valence electrons. The van der Waals surface area contributed by atoms with E-state index in [-0.39, 0.29) is 10.6 Å². The van der Waals surface area contributed by atoms with Gasteiger partial charge in [-0.05, 0) is 18.2 Å². The minimum absolute atomic E-state index is 0.172. The Kier molecular flexibility index (Phi) is 3.77. The normalized spacial score (nSPS) is 12.9. The van der Waals surface area contributed by atoms with Gasteiger partial charge in [-0.2, -0.15) is 8.42 Å². The third-order valence-corrected chi connectivity index (χ3v) is 6.26. The molecule has 0 saturated heterocycles. The quantitative estimate of drug-likeness (QED) is 0.431. The number of nitrogens with one attached hydrogen (secondary N) is 1. The van der Waals surface area contributed by atoms with Gasteiger partial charge in [-0.3, -0.25) is 0 Å². The fourth-order valence-corrected chi connectivity index (χ4v) is 4.21. The van der Waals surface area contributed by atoms with Crippen LogP contribution in [-0.4, -0.2) is 35.9 Å². The van der Waals surface area contributed by atoms with E-state index in [0.717, 1.165) is 11.1 Å². The van der Waals surface area contributed by atoms with Crippen LogP contribution in [0.4, 0.5) is 5.69 Å². The summed E-state index contributed by atoms with van der Waals surface area (Å²) in [4.78, 5) is 1.49. The molecule has 0 unspecified atom stereocenters. The van der Waals surface area contributed by atoms with Crippen LogP contribution in [-0.2, 0) is 17.9 Å². The van der Waals surface area contributed by atoms with Crippen molar-refractivity contribution < 1.29 is 16.8 Å². The van der Waals surface area contributed by atoms with Gasteiger partial charge in [-0.1, -0.05) is 6.07 Å². The molecular weight excluding hydrogens is 266 g/mol. The summed E-state index contributed by atoms with van der Waals surface area (Å²) < 4.78 is 46.8. The second kappa shape index (κ2) is 4.61. The van der Waals surface area contributed by atoms with Gasteiger partial charge in [0.05, 0.1) is 4.90 Å². The molecule has 0 aliphatic carbocycles. The van der Waals surface area contributed by atoms with Gasteiger partial charge in [0.1, 0.15) is 0 Å². The van der Waals surface area contributed by atoms with Gasteiger partial charge >= 0.3 is 9.06 Å². The van der Waals surface area contributed by atoms with Crippen molar-refractivity contribution in [3.63, 3.8) is 0 Å². The van der Waals surface area contributed by atoms with Crippen molar-refractivity contribution in [3.05, 3.63) is 24.3 Å². The largest absolute Gasteiger partial charge is 0.399 e. The van der Waals surface area contributed by atoms with E-state index < -0.39 is 17.9 Å². The third kappa shape index (κ3) is 2.94. The van der Waals surface area contributed by atoms with Crippen LogP contribution in [0.1, 0.15) is 0 Å². The van der Waals surface area contributed by atoms with E-state index >= 15 is 0 Å². The number of nitrogens with two attached hydrogens (primary N) is 1. The molecule has 0 amide bonds. The molecule has 0 spiro atoms. The molecule has 0 aliphatic rings. The minimum Gasteiger partial charge on any atom is -0.399 e. The molecule has 0 heterocycles. The van der Waals surface area contributed by atoms with E-state index in [4.69, 9.17) is 5.73 Å². The zero-order chi connectivity index (χ0) is 13.3. The van der Waals surface area contributed by atoms with Crippen molar-refractivity contribution in [1.29, 1.82) is 0 Å². The summed E-state index contributed by atoms with van der Waals surface area (Å²) in [5.74, 6) is 0. The maximum Gasteiger partial charge on any atom is 0.334 e. The van der Waals surface area contributed by atoms with Crippen LogP contribution in [0.15, 0.2) is 29.2 Å². The monoisotopic (exact) mass is 279 g/mol. The number of benzene rings is 1. The van der Waals surface area contributed by atoms with Crippen LogP contribution < -0.4 is 10.6 Å². The van der Waals surface area contributed by atoms with Gasteiger partial charge in [-0.25, -0.2) is 13.4 Å². The highest BCUT2D eigenvalue weighted by Gasteiger charge is 2.32. The Morgan fingerprint density at radius 3 is 2.24 bits per heavy atom. The Balaban J connectivity index is 3.30. The molecule has 3 N–H and O–H groups in total. The van der Waals surface area contributed by atoms with Crippen LogP contribution in [0.3, 0.4) is 0 Å². The molecule has 0 atom stereocenters. The number of anilines is 1. The summed E-state index contributed by atoms with van der Waals surface area (Å²) in [7, 11) is -6.32. The minimum atomic E-state index is -4.54. The number of rotatable bonds is 4. The maximum absolute atomic E-state index is 11.8. The molecule has 7 nitrogen and oxygen atoms in total. The van der Waals surface area contributed by atoms with Crippen molar-refractivity contribution >= 4 is 23.6 Å². The standard InChI is InChI=1S/C8H13N3O4S2/c1-11(2)10-17(14,15)16(12,13)8-5-3-4-7(9)6-8/h3-6,10H,9H2,1-2H3. The molecule has 1 rings (SSSR count). The Labute approximate surface area is 99.6 Å². The molecule has 0 fully saturated rings. The highest BCUT2D eigenvalue weighted by atomic mass is 33.2. The molecule has 0 aliphatic heterocycles. The second-order valence-corrected chi connectivity index (χ2v) is 8.57. The van der Waals surface area contributed by atoms with Crippen LogP contribution in [0, 0.1) is 0 Å². The molecule has 1 aromatic carbocycles. The first-order chi connectivity index (χ1) is 7.67. The van der Waals surface area contributed by atoms with E-state index in [1.165, 1.54) is 32.3 Å². The van der Waals surface area contributed by atoms with Crippen LogP contribution in [0.25, 0.3) is 0 Å². The van der Waals surface area contributed by atoms with Gasteiger partial charge < -0.3 is 5.73 Å². The fourth-order valence-electron chi connectivity index (χ4n) is 1.07. The van der Waals surface area contributed by atoms with Crippen molar-refractivity contribution in [2.75, 3.05) is 19.8 Å². The Hall–Kier alpha value is -1.16. The van der Waals surface area contributed by atoms with Crippen molar-refractivity contribution in [1.82, 2.24) is 9.84 Å². The molecule has 1 aromatic rings. The lowest BCUT2D eigenvalue weighted by Crippen LogP contribution is -2.40. The van der Waals surface area contributed by atoms with Crippen molar-refractivity contribution in [3.8, 4) is 0 Å². The summed E-state index contributed by atoms with van der Waals surface area (Å²) in [6, 6.07) is 5.09. The molecule has 0 saturated carbocycles. The topological polar surface area (TPSA) is 110 Å². The first kappa shape index (κ1) is 13.9. The van der Waals surface area contributed by atoms with E-state index in [1.807, 2.05) is 4.83 Å². The Morgan fingerprint density at radius 1 is 1.18 bits per heavy atom. The Bertz CT molecular complexity index is 607. The highest BCUT2D eigenvalue weighted by molar-refractivity contribution is 8.66. The zero-order valence-electron chi connectivity index (χ0n) is 9.28. The maximum atomic E-state index is 11.8. The zero-order valence-corrected chi connectivity index (χ0v) is 10.9. The molecule has 17 heavy (non-hydrogen) atoms. The predicted molar refractivity (Wildman–Crippen MR) is 63.8 cm³/mol. The van der Waals surface area contributed by atoms with Gasteiger partial charge in [0.15, 0.2) is 0 Å². The SMILES string of the molecule is CN(C)NS(=O)(=O)S(=O)(=O)c1cccc(N)c1. The number of hydrazine groups is 1. The molecular formula is C8H13N3O4S2. The van der Waals surface area contributed by atoms with Gasteiger partial charge in [0.25, 0.3) is 8.87 Å². The highest BCUT2D eigenvalue weighted by Crippen LogP contribution is 2.18. The summed E-state index contributed by atoms with van der Waals surface area (Å²) in [6.45, 7) is 0. The summed E-state index contributed by atoms with van der Waals surface area (Å²) in [5.41, 5.74) is 5.58. The van der Waals surface area contributed by atoms with Gasteiger partial charge in [0, 0.05) is 19.8 Å². The lowest BCUT2D eigenvalue weighted by molar-refractivity contribution is 0.367. The smallest absolute Gasteiger partial charge is 0.334 e. The summed E-state index contributed by atoms with van der Waals surface area (Å²) in [6.07, 6.45) is 0. The lowest BCUT2D eigenvalue weighted by Gasteiger charge is -2.12. The summed E-state index contributed by atoms with van der Waals surface area (Å²) in [5, 5.41) is 1.03. The van der Waals surface area contributed by atoms with Gasteiger partial charge in [-0.15, -0.1) is 4.83 Å². The average molecular weight is 279 g/mol. The van der Waals surface area contributed by atoms with E-state index in [9.17, 15) is 16.8 Å². The summed E-state index contributed by atoms with van der Waals surface area (Å²) >= 11 is 0. The van der Waals surface area contributed by atoms with Crippen LogP contribution in [0.5, 0.6) is 0 Å². The molecule has 9 heteroatoms. The predicted octanol–water partition coefficient (Wildman–Crippen LogP) is -0.646. The van der Waals surface area contributed by atoms with Crippen LogP contribution >= 0.6 is 0 Å². The van der Waals surface area contributed by atoms with E-state index in [0.29, 0.717) is 0 Å². The first-order valence-electron chi connectivity index (χ1n) is 4.47. The first-order valence-corrected chi connectivity index (χ1v) is 7.95. The third-order valence-electron chi connectivity index (χ3n) is 1.73. The molecule has 0 aromatic heterocycles. The van der Waals surface area contributed by atoms with Crippen LogP contribution in [0.2, 0.25) is 0 Å². The molecule has 0 bridgehead atoms. The molecule has 0 radical (unpaired) electrons. The van der Waals surface area contributed by atoms with Gasteiger partial charge in [0.2, 0.25) is 0 Å². The fraction of sp³-hybridized carbons (Fsp3) is 0.250. The number of hydrogen-bond donors (Lipinski definition) is 2. The van der Waals surface area contributed by atoms with E-state index in [2.05, 4.69) is 0 Å². The van der Waals surface area contributed by atoms with Crippen molar-refractivity contribution in [2.24, 2.45) is 0 Å². The Morgan fingerprint density at radius 2 is 1.76 bits per heavy atom. The second-order valence-electron chi connectivity index (χ2n) is 3.47. The number of hydrogen-bond acceptors (Lipinski definition) is 6. The average Bonchev–Trinajstić information content (AvgIpc) is 2.15. The lowest BCUT2D eigenvalue weighted by atomic mass is 10.3. The number of nitrogens with zero attached hydrogens (tertiary/aromatic N) is 1.